The fourth-order valence-electron chi connectivity index (χ4n) is 3.42. The highest BCUT2D eigenvalue weighted by molar-refractivity contribution is 7.90. The molecule has 9 nitrogen and oxygen atoms in total. The fourth-order valence-corrected chi connectivity index (χ4v) is 4.20. The van der Waals surface area contributed by atoms with Crippen molar-refractivity contribution >= 4 is 27.6 Å². The molecular formula is C23H45N3O6S. The van der Waals surface area contributed by atoms with Crippen molar-refractivity contribution in [2.45, 2.75) is 85.9 Å². The third-order valence-corrected chi connectivity index (χ3v) is 6.50. The average Bonchev–Trinajstić information content (AvgIpc) is 2.68. The van der Waals surface area contributed by atoms with Gasteiger partial charge in [0.2, 0.25) is 17.7 Å². The van der Waals surface area contributed by atoms with Gasteiger partial charge in [-0.1, -0.05) is 41.5 Å². The van der Waals surface area contributed by atoms with E-state index in [0.717, 1.165) is 6.26 Å². The maximum absolute atomic E-state index is 12.7. The summed E-state index contributed by atoms with van der Waals surface area (Å²) in [6, 6.07) is -1.24. The molecule has 0 heterocycles. The van der Waals surface area contributed by atoms with Crippen LogP contribution >= 0.6 is 0 Å². The van der Waals surface area contributed by atoms with Crippen LogP contribution in [0, 0.1) is 23.7 Å². The van der Waals surface area contributed by atoms with Crippen LogP contribution in [-0.4, -0.2) is 68.0 Å². The van der Waals surface area contributed by atoms with E-state index in [-0.39, 0.29) is 48.2 Å². The number of rotatable bonds is 15. The Hall–Kier alpha value is -1.68. The topological polar surface area (TPSA) is 142 Å². The van der Waals surface area contributed by atoms with Crippen LogP contribution in [0.25, 0.3) is 0 Å². The van der Waals surface area contributed by atoms with Gasteiger partial charge in [0, 0.05) is 24.6 Å². The number of nitrogens with one attached hydrogen (secondary N) is 3. The molecule has 0 aliphatic rings. The van der Waals surface area contributed by atoms with Gasteiger partial charge < -0.3 is 21.1 Å². The molecule has 10 heteroatoms. The van der Waals surface area contributed by atoms with Gasteiger partial charge in [0.25, 0.3) is 0 Å². The molecule has 0 saturated heterocycles. The summed E-state index contributed by atoms with van der Waals surface area (Å²) in [7, 11) is -3.17. The molecule has 0 aromatic rings. The van der Waals surface area contributed by atoms with E-state index < -0.39 is 39.9 Å². The molecule has 5 atom stereocenters. The first-order valence-electron chi connectivity index (χ1n) is 11.8. The van der Waals surface area contributed by atoms with Gasteiger partial charge >= 0.3 is 0 Å². The lowest BCUT2D eigenvalue weighted by Crippen LogP contribution is -2.52. The van der Waals surface area contributed by atoms with Gasteiger partial charge in [-0.2, -0.15) is 0 Å². The number of hydrogen-bond donors (Lipinski definition) is 4. The van der Waals surface area contributed by atoms with E-state index in [1.54, 1.807) is 20.8 Å². The standard InChI is InChI=1S/C23H45N3O6S/c1-9-24-23(30)20(15(4)5)26-22(29)17(7)13-19(27)18(12-14(2)3)25-21(28)16(6)10-11-33(8,31)32/h14-20,27H,9-13H2,1-8H3,(H,24,30)(H,25,28)(H,26,29)/t16-,17+,18-,19-,20-/m0/s1. The van der Waals surface area contributed by atoms with Gasteiger partial charge in [-0.15, -0.1) is 0 Å². The monoisotopic (exact) mass is 491 g/mol. The van der Waals surface area contributed by atoms with Crippen molar-refractivity contribution < 1.29 is 27.9 Å². The van der Waals surface area contributed by atoms with Crippen LogP contribution in [0.5, 0.6) is 0 Å². The Morgan fingerprint density at radius 1 is 0.848 bits per heavy atom. The van der Waals surface area contributed by atoms with Crippen molar-refractivity contribution in [2.24, 2.45) is 23.7 Å². The summed E-state index contributed by atoms with van der Waals surface area (Å²) in [5.41, 5.74) is 0. The maximum atomic E-state index is 12.7. The molecule has 194 valence electrons. The van der Waals surface area contributed by atoms with Crippen LogP contribution in [-0.2, 0) is 24.2 Å². The van der Waals surface area contributed by atoms with Crippen LogP contribution < -0.4 is 16.0 Å². The summed E-state index contributed by atoms with van der Waals surface area (Å²) in [6.07, 6.45) is 0.978. The molecule has 0 saturated carbocycles. The molecule has 0 aromatic carbocycles. The van der Waals surface area contributed by atoms with Crippen LogP contribution in [0.2, 0.25) is 0 Å². The summed E-state index contributed by atoms with van der Waals surface area (Å²) in [5, 5.41) is 19.2. The Balaban J connectivity index is 5.14. The zero-order valence-corrected chi connectivity index (χ0v) is 22.3. The number of aliphatic hydroxyl groups is 1. The van der Waals surface area contributed by atoms with E-state index in [0.29, 0.717) is 13.0 Å². The lowest BCUT2D eigenvalue weighted by atomic mass is 9.91. The Morgan fingerprint density at radius 3 is 1.85 bits per heavy atom. The minimum Gasteiger partial charge on any atom is -0.391 e. The number of carbonyl (C=O) groups excluding carboxylic acids is 3. The van der Waals surface area contributed by atoms with E-state index in [4.69, 9.17) is 0 Å². The van der Waals surface area contributed by atoms with E-state index in [2.05, 4.69) is 16.0 Å². The van der Waals surface area contributed by atoms with Crippen LogP contribution in [0.15, 0.2) is 0 Å². The first kappa shape index (κ1) is 31.3. The van der Waals surface area contributed by atoms with E-state index in [1.807, 2.05) is 27.7 Å². The second-order valence-corrected chi connectivity index (χ2v) is 12.2. The number of sulfone groups is 1. The normalized spacial score (nSPS) is 16.6. The molecule has 0 aromatic heterocycles. The number of likely N-dealkylation sites (N-methyl/N-ethyl adjacent to an activating group) is 1. The minimum atomic E-state index is -3.17. The predicted molar refractivity (Wildman–Crippen MR) is 130 cm³/mol. The molecule has 0 aliphatic heterocycles. The van der Waals surface area contributed by atoms with Gasteiger partial charge in [-0.25, -0.2) is 8.42 Å². The van der Waals surface area contributed by atoms with Crippen molar-refractivity contribution in [3.8, 4) is 0 Å². The van der Waals surface area contributed by atoms with Crippen molar-refractivity contribution in [1.29, 1.82) is 0 Å². The first-order chi connectivity index (χ1) is 15.1. The van der Waals surface area contributed by atoms with Crippen LogP contribution in [0.3, 0.4) is 0 Å². The summed E-state index contributed by atoms with van der Waals surface area (Å²) in [6.45, 7) is 13.2. The quantitative estimate of drug-likeness (QED) is 0.272. The minimum absolute atomic E-state index is 0.0845. The molecule has 0 bridgehead atoms. The number of amides is 3. The Kier molecular flexibility index (Phi) is 13.8. The van der Waals surface area contributed by atoms with Crippen LogP contribution in [0.4, 0.5) is 0 Å². The molecule has 4 N–H and O–H groups in total. The van der Waals surface area contributed by atoms with Crippen molar-refractivity contribution in [1.82, 2.24) is 16.0 Å². The SMILES string of the molecule is CCNC(=O)[C@@H](NC(=O)[C@H](C)C[C@H](O)[C@H](CC(C)C)NC(=O)[C@@H](C)CCS(C)(=O)=O)C(C)C. The van der Waals surface area contributed by atoms with Crippen molar-refractivity contribution in [2.75, 3.05) is 18.6 Å². The van der Waals surface area contributed by atoms with E-state index in [1.165, 1.54) is 0 Å². The molecule has 3 amide bonds. The summed E-state index contributed by atoms with van der Waals surface area (Å²) in [5.74, 6) is -2.01. The first-order valence-corrected chi connectivity index (χ1v) is 13.9. The van der Waals surface area contributed by atoms with E-state index >= 15 is 0 Å². The third-order valence-electron chi connectivity index (χ3n) is 5.53. The lowest BCUT2D eigenvalue weighted by Gasteiger charge is -2.29. The molecule has 0 aliphatic carbocycles. The summed E-state index contributed by atoms with van der Waals surface area (Å²) in [4.78, 5) is 37.5. The van der Waals surface area contributed by atoms with Gasteiger partial charge in [-0.3, -0.25) is 14.4 Å². The summed E-state index contributed by atoms with van der Waals surface area (Å²) < 4.78 is 22.8. The van der Waals surface area contributed by atoms with Crippen LogP contribution in [0.1, 0.15) is 67.7 Å². The zero-order valence-electron chi connectivity index (χ0n) is 21.5. The Morgan fingerprint density at radius 2 is 1.39 bits per heavy atom. The molecular weight excluding hydrogens is 446 g/mol. The summed E-state index contributed by atoms with van der Waals surface area (Å²) >= 11 is 0. The molecule has 0 fully saturated rings. The Labute approximate surface area is 199 Å². The smallest absolute Gasteiger partial charge is 0.242 e. The van der Waals surface area contributed by atoms with E-state index in [9.17, 15) is 27.9 Å². The number of hydrogen-bond acceptors (Lipinski definition) is 6. The van der Waals surface area contributed by atoms with Gasteiger partial charge in [-0.05, 0) is 38.0 Å². The highest BCUT2D eigenvalue weighted by Crippen LogP contribution is 2.17. The number of carbonyl (C=O) groups is 3. The molecule has 0 spiro atoms. The third kappa shape index (κ3) is 13.0. The van der Waals surface area contributed by atoms with Gasteiger partial charge in [0.1, 0.15) is 15.9 Å². The van der Waals surface area contributed by atoms with Gasteiger partial charge in [0.05, 0.1) is 17.9 Å². The predicted octanol–water partition coefficient (Wildman–Crippen LogP) is 1.25. The molecule has 0 rings (SSSR count). The fraction of sp³-hybridized carbons (Fsp3) is 0.870. The highest BCUT2D eigenvalue weighted by Gasteiger charge is 2.30. The zero-order chi connectivity index (χ0) is 25.9. The highest BCUT2D eigenvalue weighted by atomic mass is 32.2. The number of aliphatic hydroxyl groups excluding tert-OH is 1. The molecule has 0 radical (unpaired) electrons. The molecule has 0 unspecified atom stereocenters. The van der Waals surface area contributed by atoms with Crippen molar-refractivity contribution in [3.63, 3.8) is 0 Å². The second kappa shape index (κ2) is 14.6. The largest absolute Gasteiger partial charge is 0.391 e. The Bertz CT molecular complexity index is 738. The van der Waals surface area contributed by atoms with Gasteiger partial charge in [0.15, 0.2) is 0 Å². The lowest BCUT2D eigenvalue weighted by molar-refractivity contribution is -0.132. The maximum Gasteiger partial charge on any atom is 0.242 e. The average molecular weight is 492 g/mol. The molecule has 33 heavy (non-hydrogen) atoms. The van der Waals surface area contributed by atoms with Crippen molar-refractivity contribution in [3.05, 3.63) is 0 Å². The second-order valence-electron chi connectivity index (χ2n) is 9.89.